The fourth-order valence-electron chi connectivity index (χ4n) is 1.77. The Morgan fingerprint density at radius 3 is 2.06 bits per heavy atom. The SMILES string of the molecule is CCO[Si](CCCCCC(C)C)(OC)OC. The smallest absolute Gasteiger partial charge is 0.377 e. The summed E-state index contributed by atoms with van der Waals surface area (Å²) >= 11 is 0. The maximum absolute atomic E-state index is 5.65. The fourth-order valence-corrected chi connectivity index (χ4v) is 3.85. The molecule has 98 valence electrons. The van der Waals surface area contributed by atoms with Gasteiger partial charge in [-0.3, -0.25) is 0 Å². The molecule has 0 aliphatic heterocycles. The Hall–Kier alpha value is 0.0969. The molecule has 0 unspecified atom stereocenters. The van der Waals surface area contributed by atoms with E-state index in [-0.39, 0.29) is 0 Å². The van der Waals surface area contributed by atoms with Crippen LogP contribution >= 0.6 is 0 Å². The van der Waals surface area contributed by atoms with E-state index in [2.05, 4.69) is 13.8 Å². The van der Waals surface area contributed by atoms with E-state index < -0.39 is 8.80 Å². The zero-order chi connectivity index (χ0) is 12.4. The summed E-state index contributed by atoms with van der Waals surface area (Å²) < 4.78 is 16.5. The first-order valence-electron chi connectivity index (χ1n) is 6.34. The predicted molar refractivity (Wildman–Crippen MR) is 69.5 cm³/mol. The molecular formula is C12H28O3Si. The van der Waals surface area contributed by atoms with E-state index in [1.54, 1.807) is 14.2 Å². The van der Waals surface area contributed by atoms with Crippen molar-refractivity contribution in [3.63, 3.8) is 0 Å². The van der Waals surface area contributed by atoms with Gasteiger partial charge in [0.2, 0.25) is 0 Å². The van der Waals surface area contributed by atoms with Crippen LogP contribution in [0.25, 0.3) is 0 Å². The lowest BCUT2D eigenvalue weighted by atomic mass is 10.1. The van der Waals surface area contributed by atoms with Crippen LogP contribution in [0.3, 0.4) is 0 Å². The summed E-state index contributed by atoms with van der Waals surface area (Å²) in [6.07, 6.45) is 4.98. The predicted octanol–water partition coefficient (Wildman–Crippen LogP) is 3.47. The van der Waals surface area contributed by atoms with Crippen LogP contribution in [0.15, 0.2) is 0 Å². The molecule has 0 saturated carbocycles. The summed E-state index contributed by atoms with van der Waals surface area (Å²) in [6, 6.07) is 0.936. The van der Waals surface area contributed by atoms with Crippen molar-refractivity contribution in [2.75, 3.05) is 20.8 Å². The van der Waals surface area contributed by atoms with Crippen molar-refractivity contribution in [3.05, 3.63) is 0 Å². The maximum atomic E-state index is 5.65. The summed E-state index contributed by atoms with van der Waals surface area (Å²) in [5, 5.41) is 0. The van der Waals surface area contributed by atoms with Crippen molar-refractivity contribution in [1.82, 2.24) is 0 Å². The second-order valence-corrected chi connectivity index (χ2v) is 7.49. The molecule has 0 aliphatic carbocycles. The van der Waals surface area contributed by atoms with Gasteiger partial charge >= 0.3 is 8.80 Å². The molecule has 0 bridgehead atoms. The minimum Gasteiger partial charge on any atom is -0.377 e. The normalized spacial score (nSPS) is 12.4. The number of rotatable bonds is 10. The quantitative estimate of drug-likeness (QED) is 0.438. The van der Waals surface area contributed by atoms with E-state index in [0.29, 0.717) is 6.61 Å². The molecule has 0 spiro atoms. The van der Waals surface area contributed by atoms with E-state index >= 15 is 0 Å². The van der Waals surface area contributed by atoms with Gasteiger partial charge in [0, 0.05) is 26.9 Å². The Labute approximate surface area is 102 Å². The van der Waals surface area contributed by atoms with Crippen LogP contribution in [0.1, 0.15) is 46.5 Å². The lowest BCUT2D eigenvalue weighted by Gasteiger charge is -2.25. The molecule has 3 nitrogen and oxygen atoms in total. The van der Waals surface area contributed by atoms with E-state index in [4.69, 9.17) is 13.3 Å². The van der Waals surface area contributed by atoms with Crippen LogP contribution in [-0.4, -0.2) is 29.6 Å². The molecule has 0 rings (SSSR count). The third-order valence-corrected chi connectivity index (χ3v) is 5.69. The molecule has 4 heteroatoms. The molecule has 0 aromatic heterocycles. The standard InChI is InChI=1S/C12H28O3Si/c1-6-15-16(13-4,14-5)11-9-7-8-10-12(2)3/h12H,6-11H2,1-5H3. The molecule has 16 heavy (non-hydrogen) atoms. The third-order valence-electron chi connectivity index (χ3n) is 2.75. The third kappa shape index (κ3) is 6.63. The van der Waals surface area contributed by atoms with Gasteiger partial charge in [0.25, 0.3) is 0 Å². The van der Waals surface area contributed by atoms with Gasteiger partial charge in [0.15, 0.2) is 0 Å². The van der Waals surface area contributed by atoms with Gasteiger partial charge in [-0.2, -0.15) is 0 Å². The van der Waals surface area contributed by atoms with Crippen molar-refractivity contribution < 1.29 is 13.3 Å². The van der Waals surface area contributed by atoms with Gasteiger partial charge < -0.3 is 13.3 Å². The molecular weight excluding hydrogens is 220 g/mol. The molecule has 0 aromatic rings. The monoisotopic (exact) mass is 248 g/mol. The number of unbranched alkanes of at least 4 members (excludes halogenated alkanes) is 2. The average molecular weight is 248 g/mol. The Bertz CT molecular complexity index is 158. The van der Waals surface area contributed by atoms with Crippen LogP contribution in [0.2, 0.25) is 6.04 Å². The molecule has 0 heterocycles. The summed E-state index contributed by atoms with van der Waals surface area (Å²) in [5.74, 6) is 0.804. The second-order valence-electron chi connectivity index (χ2n) is 4.52. The summed E-state index contributed by atoms with van der Waals surface area (Å²) in [6.45, 7) is 7.19. The van der Waals surface area contributed by atoms with Gasteiger partial charge in [-0.25, -0.2) is 0 Å². The summed E-state index contributed by atoms with van der Waals surface area (Å²) in [7, 11) is 1.07. The molecule has 0 amide bonds. The van der Waals surface area contributed by atoms with Crippen LogP contribution in [0, 0.1) is 5.92 Å². The molecule has 0 N–H and O–H groups in total. The van der Waals surface area contributed by atoms with Crippen LogP contribution in [-0.2, 0) is 13.3 Å². The fraction of sp³-hybridized carbons (Fsp3) is 1.00. The Morgan fingerprint density at radius 2 is 1.62 bits per heavy atom. The minimum atomic E-state index is -2.32. The maximum Gasteiger partial charge on any atom is 0.500 e. The van der Waals surface area contributed by atoms with Crippen LogP contribution in [0.4, 0.5) is 0 Å². The van der Waals surface area contributed by atoms with Crippen LogP contribution < -0.4 is 0 Å². The number of hydrogen-bond donors (Lipinski definition) is 0. The zero-order valence-corrected chi connectivity index (χ0v) is 12.5. The van der Waals surface area contributed by atoms with Crippen molar-refractivity contribution in [2.45, 2.75) is 52.5 Å². The van der Waals surface area contributed by atoms with E-state index in [1.165, 1.54) is 19.3 Å². The summed E-state index contributed by atoms with van der Waals surface area (Å²) in [5.41, 5.74) is 0. The van der Waals surface area contributed by atoms with Crippen molar-refractivity contribution in [3.8, 4) is 0 Å². The lowest BCUT2D eigenvalue weighted by molar-refractivity contribution is 0.103. The average Bonchev–Trinajstić information content (AvgIpc) is 2.27. The first kappa shape index (κ1) is 16.1. The van der Waals surface area contributed by atoms with Gasteiger partial charge in [0.05, 0.1) is 0 Å². The van der Waals surface area contributed by atoms with E-state index in [1.807, 2.05) is 6.92 Å². The van der Waals surface area contributed by atoms with Gasteiger partial charge in [-0.1, -0.05) is 33.1 Å². The highest BCUT2D eigenvalue weighted by molar-refractivity contribution is 6.60. The van der Waals surface area contributed by atoms with Gasteiger partial charge in [-0.15, -0.1) is 0 Å². The Balaban J connectivity index is 3.75. The first-order chi connectivity index (χ1) is 7.60. The van der Waals surface area contributed by atoms with E-state index in [9.17, 15) is 0 Å². The highest BCUT2D eigenvalue weighted by atomic mass is 28.4. The molecule has 0 fully saturated rings. The lowest BCUT2D eigenvalue weighted by Crippen LogP contribution is -2.43. The molecule has 0 aromatic carbocycles. The van der Waals surface area contributed by atoms with E-state index in [0.717, 1.165) is 18.4 Å². The highest BCUT2D eigenvalue weighted by Crippen LogP contribution is 2.19. The topological polar surface area (TPSA) is 27.7 Å². The molecule has 0 radical (unpaired) electrons. The van der Waals surface area contributed by atoms with Crippen molar-refractivity contribution in [2.24, 2.45) is 5.92 Å². The Morgan fingerprint density at radius 1 is 1.00 bits per heavy atom. The Kier molecular flexibility index (Phi) is 9.22. The van der Waals surface area contributed by atoms with Crippen molar-refractivity contribution >= 4 is 8.80 Å². The molecule has 0 saturated heterocycles. The largest absolute Gasteiger partial charge is 0.500 e. The van der Waals surface area contributed by atoms with Crippen molar-refractivity contribution in [1.29, 1.82) is 0 Å². The first-order valence-corrected chi connectivity index (χ1v) is 8.27. The molecule has 0 atom stereocenters. The second kappa shape index (κ2) is 9.16. The zero-order valence-electron chi connectivity index (χ0n) is 11.5. The highest BCUT2D eigenvalue weighted by Gasteiger charge is 2.37. The minimum absolute atomic E-state index is 0.667. The number of hydrogen-bond acceptors (Lipinski definition) is 3. The summed E-state index contributed by atoms with van der Waals surface area (Å²) in [4.78, 5) is 0. The molecule has 0 aliphatic rings. The van der Waals surface area contributed by atoms with Gasteiger partial charge in [0.1, 0.15) is 0 Å². The van der Waals surface area contributed by atoms with Crippen LogP contribution in [0.5, 0.6) is 0 Å². The van der Waals surface area contributed by atoms with Gasteiger partial charge in [-0.05, 0) is 19.3 Å².